The Morgan fingerprint density at radius 2 is 2.55 bits per heavy atom. The summed E-state index contributed by atoms with van der Waals surface area (Å²) in [5.41, 5.74) is 0.326. The topological polar surface area (TPSA) is 52.4 Å². The van der Waals surface area contributed by atoms with Gasteiger partial charge in [-0.3, -0.25) is 0 Å². The van der Waals surface area contributed by atoms with Gasteiger partial charge in [-0.25, -0.2) is 0 Å². The Hall–Kier alpha value is -1.26. The Labute approximate surface area is 64.6 Å². The van der Waals surface area contributed by atoms with Gasteiger partial charge in [0.1, 0.15) is 19.4 Å². The quantitative estimate of drug-likeness (QED) is 0.424. The van der Waals surface area contributed by atoms with Gasteiger partial charge >= 0.3 is 0 Å². The van der Waals surface area contributed by atoms with Crippen molar-refractivity contribution in [3.8, 4) is 0 Å². The Morgan fingerprint density at radius 1 is 1.73 bits per heavy atom. The molecule has 0 N–H and O–H groups in total. The minimum atomic E-state index is 0.276. The second-order valence-electron chi connectivity index (χ2n) is 1.80. The Morgan fingerprint density at radius 3 is 3.09 bits per heavy atom. The van der Waals surface area contributed by atoms with E-state index < -0.39 is 0 Å². The first-order chi connectivity index (χ1) is 5.34. The number of oxime groups is 2. The second-order valence-corrected chi connectivity index (χ2v) is 1.80. The fourth-order valence-corrected chi connectivity index (χ4v) is 0.591. The lowest BCUT2D eigenvalue weighted by Gasteiger charge is -2.11. The Bertz CT molecular complexity index is 188. The molecule has 0 saturated heterocycles. The summed E-state index contributed by atoms with van der Waals surface area (Å²) in [4.78, 5) is 9.20. The molecule has 0 aromatic heterocycles. The second kappa shape index (κ2) is 3.80. The lowest BCUT2D eigenvalue weighted by Crippen LogP contribution is -2.22. The van der Waals surface area contributed by atoms with Crippen molar-refractivity contribution in [3.05, 3.63) is 6.92 Å². The Balaban J connectivity index is 2.58. The zero-order chi connectivity index (χ0) is 8.10. The van der Waals surface area contributed by atoms with Crippen LogP contribution < -0.4 is 0 Å². The van der Waals surface area contributed by atoms with Crippen molar-refractivity contribution < 1.29 is 14.4 Å². The number of ether oxygens (including phenoxy) is 1. The van der Waals surface area contributed by atoms with E-state index >= 15 is 0 Å². The van der Waals surface area contributed by atoms with E-state index in [9.17, 15) is 0 Å². The smallest absolute Gasteiger partial charge is 0.275 e. The molecule has 61 valence electrons. The molecule has 0 amide bonds. The lowest BCUT2D eigenvalue weighted by atomic mass is 10.4. The van der Waals surface area contributed by atoms with Crippen molar-refractivity contribution in [1.29, 1.82) is 0 Å². The van der Waals surface area contributed by atoms with Gasteiger partial charge in [0, 0.05) is 6.92 Å². The van der Waals surface area contributed by atoms with Crippen LogP contribution in [0.3, 0.4) is 0 Å². The zero-order valence-corrected chi connectivity index (χ0v) is 6.24. The highest BCUT2D eigenvalue weighted by Crippen LogP contribution is 1.96. The third kappa shape index (κ3) is 2.10. The van der Waals surface area contributed by atoms with Gasteiger partial charge in [0.05, 0.1) is 0 Å². The van der Waals surface area contributed by atoms with Crippen LogP contribution in [-0.2, 0) is 14.4 Å². The molecule has 0 aliphatic carbocycles. The van der Waals surface area contributed by atoms with Crippen LogP contribution in [0.25, 0.3) is 0 Å². The summed E-state index contributed by atoms with van der Waals surface area (Å²) in [7, 11) is 1.43. The van der Waals surface area contributed by atoms with E-state index in [0.29, 0.717) is 18.9 Å². The molecule has 1 heterocycles. The molecule has 1 radical (unpaired) electrons. The van der Waals surface area contributed by atoms with Gasteiger partial charge in [0.25, 0.3) is 5.90 Å². The van der Waals surface area contributed by atoms with Crippen LogP contribution >= 0.6 is 0 Å². The summed E-state index contributed by atoms with van der Waals surface area (Å²) >= 11 is 0. The van der Waals surface area contributed by atoms with Gasteiger partial charge in [0.15, 0.2) is 6.61 Å². The monoisotopic (exact) mass is 157 g/mol. The van der Waals surface area contributed by atoms with Crippen LogP contribution in [0, 0.1) is 6.92 Å². The molecule has 0 bridgehead atoms. The fourth-order valence-electron chi connectivity index (χ4n) is 0.591. The molecule has 5 nitrogen and oxygen atoms in total. The third-order valence-electron chi connectivity index (χ3n) is 1.01. The van der Waals surface area contributed by atoms with Gasteiger partial charge in [-0.05, 0) is 5.16 Å². The number of hydrogen-bond acceptors (Lipinski definition) is 5. The van der Waals surface area contributed by atoms with E-state index in [-0.39, 0.29) is 5.90 Å². The van der Waals surface area contributed by atoms with Gasteiger partial charge in [-0.1, -0.05) is 5.16 Å². The van der Waals surface area contributed by atoms with E-state index in [4.69, 9.17) is 9.57 Å². The van der Waals surface area contributed by atoms with Crippen LogP contribution in [0.15, 0.2) is 10.3 Å². The molecule has 0 unspecified atom stereocenters. The van der Waals surface area contributed by atoms with Crippen molar-refractivity contribution in [2.75, 3.05) is 20.3 Å². The first-order valence-corrected chi connectivity index (χ1v) is 3.11. The minimum Gasteiger partial charge on any atom is -0.470 e. The fraction of sp³-hybridized carbons (Fsp3) is 0.500. The van der Waals surface area contributed by atoms with E-state index in [0.717, 1.165) is 0 Å². The summed E-state index contributed by atoms with van der Waals surface area (Å²) in [5, 5.41) is 7.09. The first kappa shape index (κ1) is 7.84. The van der Waals surface area contributed by atoms with Gasteiger partial charge in [0.2, 0.25) is 0 Å². The molecule has 0 aromatic rings. The molecule has 11 heavy (non-hydrogen) atoms. The molecule has 0 atom stereocenters. The molecule has 5 heteroatoms. The van der Waals surface area contributed by atoms with Gasteiger partial charge < -0.3 is 14.4 Å². The molecule has 1 aliphatic heterocycles. The number of rotatable bonds is 2. The Kier molecular flexibility index (Phi) is 2.71. The zero-order valence-electron chi connectivity index (χ0n) is 6.24. The van der Waals surface area contributed by atoms with Crippen LogP contribution in [0.4, 0.5) is 0 Å². The van der Waals surface area contributed by atoms with Gasteiger partial charge in [-0.2, -0.15) is 0 Å². The predicted molar refractivity (Wildman–Crippen MR) is 39.1 cm³/mol. The van der Waals surface area contributed by atoms with E-state index in [2.05, 4.69) is 22.1 Å². The molecule has 0 aromatic carbocycles. The van der Waals surface area contributed by atoms with Gasteiger partial charge in [-0.15, -0.1) is 0 Å². The molecule has 1 aliphatic rings. The largest absolute Gasteiger partial charge is 0.470 e. The third-order valence-corrected chi connectivity index (χ3v) is 1.01. The number of hydrogen-bond donors (Lipinski definition) is 0. The first-order valence-electron chi connectivity index (χ1n) is 3.11. The van der Waals surface area contributed by atoms with Crippen molar-refractivity contribution in [1.82, 2.24) is 0 Å². The van der Waals surface area contributed by atoms with Crippen molar-refractivity contribution >= 4 is 11.6 Å². The SMILES string of the molecule is [CH2]/C(=N\OC)C1=NOCCO1. The summed E-state index contributed by atoms with van der Waals surface area (Å²) in [6.45, 7) is 4.47. The highest BCUT2D eigenvalue weighted by molar-refractivity contribution is 6.40. The van der Waals surface area contributed by atoms with Crippen molar-refractivity contribution in [2.45, 2.75) is 0 Å². The molecule has 0 saturated carbocycles. The lowest BCUT2D eigenvalue weighted by molar-refractivity contribution is 0.0672. The summed E-state index contributed by atoms with van der Waals surface area (Å²) in [5.74, 6) is 0.276. The summed E-state index contributed by atoms with van der Waals surface area (Å²) < 4.78 is 5.04. The highest BCUT2D eigenvalue weighted by Gasteiger charge is 2.10. The summed E-state index contributed by atoms with van der Waals surface area (Å²) in [6, 6.07) is 0. The average Bonchev–Trinajstić information content (AvgIpc) is 2.07. The maximum atomic E-state index is 5.04. The normalized spacial score (nSPS) is 18.0. The number of nitrogens with zero attached hydrogens (tertiary/aromatic N) is 2. The van der Waals surface area contributed by atoms with Crippen molar-refractivity contribution in [2.24, 2.45) is 10.3 Å². The van der Waals surface area contributed by atoms with Crippen LogP contribution in [0.5, 0.6) is 0 Å². The highest BCUT2D eigenvalue weighted by atomic mass is 16.7. The minimum absolute atomic E-state index is 0.276. The molecular weight excluding hydrogens is 148 g/mol. The van der Waals surface area contributed by atoms with Crippen LogP contribution in [0.2, 0.25) is 0 Å². The molecule has 1 rings (SSSR count). The van der Waals surface area contributed by atoms with E-state index in [1.807, 2.05) is 0 Å². The molecular formula is C6H9N2O3. The van der Waals surface area contributed by atoms with Crippen LogP contribution in [0.1, 0.15) is 0 Å². The predicted octanol–water partition coefficient (Wildman–Crippen LogP) is 0.183. The average molecular weight is 157 g/mol. The van der Waals surface area contributed by atoms with E-state index in [1.165, 1.54) is 7.11 Å². The maximum absolute atomic E-state index is 5.04. The maximum Gasteiger partial charge on any atom is 0.275 e. The van der Waals surface area contributed by atoms with Crippen molar-refractivity contribution in [3.63, 3.8) is 0 Å². The standard InChI is InChI=1S/C6H9N2O3/c1-5(7-9-2)6-8-11-4-3-10-6/h1,3-4H2,2H3/b7-5+. The molecule has 0 spiro atoms. The molecule has 0 fully saturated rings. The van der Waals surface area contributed by atoms with E-state index in [1.54, 1.807) is 0 Å². The summed E-state index contributed by atoms with van der Waals surface area (Å²) in [6.07, 6.45) is 0. The van der Waals surface area contributed by atoms with Crippen LogP contribution in [-0.4, -0.2) is 31.9 Å².